The van der Waals surface area contributed by atoms with E-state index in [1.165, 1.54) is 12.1 Å². The van der Waals surface area contributed by atoms with Gasteiger partial charge in [-0.05, 0) is 18.6 Å². The van der Waals surface area contributed by atoms with Gasteiger partial charge < -0.3 is 4.40 Å². The highest BCUT2D eigenvalue weighted by Crippen LogP contribution is 2.31. The second kappa shape index (κ2) is 4.87. The van der Waals surface area contributed by atoms with E-state index in [0.29, 0.717) is 16.9 Å². The molecular weight excluding hydrogens is 279 g/mol. The second-order valence-corrected chi connectivity index (χ2v) is 4.67. The molecule has 0 aliphatic heterocycles. The number of alkyl halides is 3. The predicted octanol–water partition coefficient (Wildman–Crippen LogP) is 3.98. The van der Waals surface area contributed by atoms with Crippen LogP contribution in [-0.2, 0) is 12.6 Å². The van der Waals surface area contributed by atoms with Crippen molar-refractivity contribution in [2.75, 3.05) is 0 Å². The molecule has 0 amide bonds. The van der Waals surface area contributed by atoms with Crippen molar-refractivity contribution in [3.63, 3.8) is 0 Å². The lowest BCUT2D eigenvalue weighted by Crippen LogP contribution is -2.04. The summed E-state index contributed by atoms with van der Waals surface area (Å²) in [6.07, 6.45) is 1.71. The van der Waals surface area contributed by atoms with Gasteiger partial charge in [0.05, 0.1) is 11.3 Å². The van der Waals surface area contributed by atoms with Crippen molar-refractivity contribution >= 4 is 5.65 Å². The minimum atomic E-state index is -4.33. The molecule has 6 heteroatoms. The van der Waals surface area contributed by atoms with E-state index in [9.17, 15) is 13.2 Å². The Morgan fingerprint density at radius 2 is 1.86 bits per heavy atom. The summed E-state index contributed by atoms with van der Waals surface area (Å²) in [6.45, 7) is 1.97. The molecule has 0 aliphatic carbocycles. The molecule has 108 valence electrons. The first-order valence-electron chi connectivity index (χ1n) is 6.49. The number of hydrogen-bond acceptors (Lipinski definition) is 2. The first-order valence-corrected chi connectivity index (χ1v) is 6.49. The van der Waals surface area contributed by atoms with Gasteiger partial charge in [0.1, 0.15) is 5.69 Å². The summed E-state index contributed by atoms with van der Waals surface area (Å²) in [4.78, 5) is 8.71. The molecule has 0 saturated carbocycles. The molecule has 0 N–H and O–H groups in total. The number of hydrogen-bond donors (Lipinski definition) is 0. The monoisotopic (exact) mass is 291 g/mol. The molecule has 0 radical (unpaired) electrons. The maximum atomic E-state index is 12.6. The van der Waals surface area contributed by atoms with Gasteiger partial charge in [0.2, 0.25) is 0 Å². The van der Waals surface area contributed by atoms with E-state index in [-0.39, 0.29) is 0 Å². The van der Waals surface area contributed by atoms with Gasteiger partial charge in [0.15, 0.2) is 5.65 Å². The van der Waals surface area contributed by atoms with Crippen molar-refractivity contribution in [2.45, 2.75) is 19.5 Å². The molecule has 3 aromatic rings. The fraction of sp³-hybridized carbons (Fsp3) is 0.200. The molecule has 0 aliphatic rings. The molecule has 0 spiro atoms. The molecule has 0 unspecified atom stereocenters. The molecule has 3 rings (SSSR count). The largest absolute Gasteiger partial charge is 0.416 e. The number of fused-ring (bicyclic) bond motifs is 1. The minimum Gasteiger partial charge on any atom is -0.303 e. The van der Waals surface area contributed by atoms with Crippen molar-refractivity contribution < 1.29 is 13.2 Å². The van der Waals surface area contributed by atoms with E-state index in [1.54, 1.807) is 12.4 Å². The zero-order valence-corrected chi connectivity index (χ0v) is 11.2. The van der Waals surface area contributed by atoms with E-state index < -0.39 is 11.7 Å². The molecule has 1 aromatic carbocycles. The summed E-state index contributed by atoms with van der Waals surface area (Å²) in [5.41, 5.74) is 2.03. The first-order chi connectivity index (χ1) is 9.99. The Morgan fingerprint density at radius 3 is 2.48 bits per heavy atom. The highest BCUT2D eigenvalue weighted by Gasteiger charge is 2.30. The van der Waals surface area contributed by atoms with E-state index >= 15 is 0 Å². The first kappa shape index (κ1) is 13.6. The van der Waals surface area contributed by atoms with E-state index in [1.807, 2.05) is 17.5 Å². The Labute approximate surface area is 119 Å². The fourth-order valence-corrected chi connectivity index (χ4v) is 2.16. The molecule has 0 fully saturated rings. The van der Waals surface area contributed by atoms with Crippen molar-refractivity contribution in [3.8, 4) is 11.3 Å². The Bertz CT molecular complexity index is 773. The van der Waals surface area contributed by atoms with Gasteiger partial charge in [-0.1, -0.05) is 19.1 Å². The highest BCUT2D eigenvalue weighted by atomic mass is 19.4. The number of rotatable bonds is 2. The number of halogens is 3. The van der Waals surface area contributed by atoms with E-state index in [0.717, 1.165) is 24.2 Å². The van der Waals surface area contributed by atoms with Crippen LogP contribution in [-0.4, -0.2) is 14.4 Å². The molecule has 0 bridgehead atoms. The molecule has 21 heavy (non-hydrogen) atoms. The zero-order valence-electron chi connectivity index (χ0n) is 11.2. The Balaban J connectivity index is 2.13. The number of aromatic nitrogens is 3. The van der Waals surface area contributed by atoms with Gasteiger partial charge in [0, 0.05) is 24.2 Å². The van der Waals surface area contributed by atoms with Crippen molar-refractivity contribution in [3.05, 3.63) is 54.1 Å². The van der Waals surface area contributed by atoms with E-state index in [2.05, 4.69) is 9.97 Å². The van der Waals surface area contributed by atoms with Gasteiger partial charge in [0.25, 0.3) is 0 Å². The van der Waals surface area contributed by atoms with Crippen molar-refractivity contribution in [2.24, 2.45) is 0 Å². The molecular formula is C15H12F3N3. The Morgan fingerprint density at radius 1 is 1.14 bits per heavy atom. The van der Waals surface area contributed by atoms with Crippen LogP contribution in [0.3, 0.4) is 0 Å². The van der Waals surface area contributed by atoms with Crippen LogP contribution in [0, 0.1) is 0 Å². The molecule has 2 aromatic heterocycles. The van der Waals surface area contributed by atoms with Crippen LogP contribution in [0.15, 0.2) is 42.9 Å². The Kier molecular flexibility index (Phi) is 3.16. The normalized spacial score (nSPS) is 12.0. The summed E-state index contributed by atoms with van der Waals surface area (Å²) in [7, 11) is 0. The average Bonchev–Trinajstić information content (AvgIpc) is 2.93. The van der Waals surface area contributed by atoms with Crippen LogP contribution in [0.5, 0.6) is 0 Å². The quantitative estimate of drug-likeness (QED) is 0.715. The SMILES string of the molecule is CCc1cn2ccnc2c(-c2ccc(C(F)(F)F)cc2)n1. The standard InChI is InChI=1S/C15H12F3N3/c1-2-12-9-21-8-7-19-14(21)13(20-12)10-3-5-11(6-4-10)15(16,17)18/h3-9H,2H2,1H3. The second-order valence-electron chi connectivity index (χ2n) is 4.67. The number of aryl methyl sites for hydroxylation is 1. The number of benzene rings is 1. The number of imidazole rings is 1. The van der Waals surface area contributed by atoms with Gasteiger partial charge in [-0.25, -0.2) is 9.97 Å². The summed E-state index contributed by atoms with van der Waals surface area (Å²) in [5.74, 6) is 0. The zero-order chi connectivity index (χ0) is 15.0. The van der Waals surface area contributed by atoms with Crippen LogP contribution in [0.25, 0.3) is 16.9 Å². The summed E-state index contributed by atoms with van der Waals surface area (Å²) in [6, 6.07) is 4.99. The molecule has 3 nitrogen and oxygen atoms in total. The lowest BCUT2D eigenvalue weighted by molar-refractivity contribution is -0.137. The van der Waals surface area contributed by atoms with Crippen LogP contribution in [0.4, 0.5) is 13.2 Å². The van der Waals surface area contributed by atoms with Gasteiger partial charge in [-0.3, -0.25) is 0 Å². The molecule has 0 saturated heterocycles. The maximum absolute atomic E-state index is 12.6. The van der Waals surface area contributed by atoms with Gasteiger partial charge >= 0.3 is 6.18 Å². The third-order valence-electron chi connectivity index (χ3n) is 3.27. The Hall–Kier alpha value is -2.37. The summed E-state index contributed by atoms with van der Waals surface area (Å²) < 4.78 is 39.7. The van der Waals surface area contributed by atoms with Crippen LogP contribution in [0.1, 0.15) is 18.2 Å². The van der Waals surface area contributed by atoms with Crippen molar-refractivity contribution in [1.29, 1.82) is 0 Å². The third-order valence-corrected chi connectivity index (χ3v) is 3.27. The topological polar surface area (TPSA) is 30.2 Å². The fourth-order valence-electron chi connectivity index (χ4n) is 2.16. The maximum Gasteiger partial charge on any atom is 0.416 e. The predicted molar refractivity (Wildman–Crippen MR) is 72.8 cm³/mol. The summed E-state index contributed by atoms with van der Waals surface area (Å²) in [5, 5.41) is 0. The lowest BCUT2D eigenvalue weighted by Gasteiger charge is -2.09. The minimum absolute atomic E-state index is 0.591. The lowest BCUT2D eigenvalue weighted by atomic mass is 10.1. The summed E-state index contributed by atoms with van der Waals surface area (Å²) >= 11 is 0. The smallest absolute Gasteiger partial charge is 0.303 e. The van der Waals surface area contributed by atoms with E-state index in [4.69, 9.17) is 0 Å². The molecule has 2 heterocycles. The van der Waals surface area contributed by atoms with Crippen LogP contribution < -0.4 is 0 Å². The van der Waals surface area contributed by atoms with Gasteiger partial charge in [-0.15, -0.1) is 0 Å². The van der Waals surface area contributed by atoms with Crippen molar-refractivity contribution in [1.82, 2.24) is 14.4 Å². The van der Waals surface area contributed by atoms with Gasteiger partial charge in [-0.2, -0.15) is 13.2 Å². The number of nitrogens with zero attached hydrogens (tertiary/aromatic N) is 3. The molecule has 0 atom stereocenters. The third kappa shape index (κ3) is 2.49. The highest BCUT2D eigenvalue weighted by molar-refractivity contribution is 5.74. The average molecular weight is 291 g/mol. The van der Waals surface area contributed by atoms with Crippen LogP contribution >= 0.6 is 0 Å². The van der Waals surface area contributed by atoms with Crippen LogP contribution in [0.2, 0.25) is 0 Å².